The second-order valence-electron chi connectivity index (χ2n) is 8.23. The molecule has 0 saturated carbocycles. The number of anilines is 2. The first kappa shape index (κ1) is 22.6. The summed E-state index contributed by atoms with van der Waals surface area (Å²) >= 11 is 6.29. The number of carbonyl (C=O) groups is 2. The third-order valence-corrected chi connectivity index (χ3v) is 6.13. The minimum absolute atomic E-state index is 0.178. The molecule has 0 spiro atoms. The highest BCUT2D eigenvalue weighted by Gasteiger charge is 2.41. The Morgan fingerprint density at radius 1 is 0.939 bits per heavy atom. The first-order valence-corrected chi connectivity index (χ1v) is 11.1. The van der Waals surface area contributed by atoms with E-state index in [1.54, 1.807) is 30.3 Å². The molecule has 4 rings (SSSR count). The summed E-state index contributed by atoms with van der Waals surface area (Å²) < 4.78 is 5.49. The molecular weight excluding hydrogens is 436 g/mol. The molecule has 2 amide bonds. The second kappa shape index (κ2) is 9.12. The monoisotopic (exact) mass is 460 g/mol. The molecule has 1 N–H and O–H groups in total. The first-order valence-electron chi connectivity index (χ1n) is 10.7. The van der Waals surface area contributed by atoms with Crippen LogP contribution in [0.3, 0.4) is 0 Å². The molecule has 1 heterocycles. The van der Waals surface area contributed by atoms with Crippen LogP contribution in [0.2, 0.25) is 5.02 Å². The molecule has 0 atom stereocenters. The van der Waals surface area contributed by atoms with Gasteiger partial charge in [-0.3, -0.25) is 9.59 Å². The summed E-state index contributed by atoms with van der Waals surface area (Å²) in [5.41, 5.74) is 4.15. The van der Waals surface area contributed by atoms with E-state index in [4.69, 9.17) is 16.3 Å². The normalized spacial score (nSPS) is 13.8. The van der Waals surface area contributed by atoms with Crippen molar-refractivity contribution >= 4 is 40.4 Å². The van der Waals surface area contributed by atoms with Gasteiger partial charge < -0.3 is 10.1 Å². The van der Waals surface area contributed by atoms with Gasteiger partial charge in [0.15, 0.2) is 0 Å². The lowest BCUT2D eigenvalue weighted by atomic mass is 10.0. The molecule has 3 aromatic rings. The zero-order valence-corrected chi connectivity index (χ0v) is 19.7. The van der Waals surface area contributed by atoms with E-state index in [1.807, 2.05) is 43.3 Å². The number of nitrogens with one attached hydrogen (secondary N) is 1. The average Bonchev–Trinajstić information content (AvgIpc) is 3.05. The van der Waals surface area contributed by atoms with E-state index >= 15 is 0 Å². The Balaban J connectivity index is 1.83. The molecule has 0 fully saturated rings. The molecule has 33 heavy (non-hydrogen) atoms. The fourth-order valence-electron chi connectivity index (χ4n) is 3.80. The Bertz CT molecular complexity index is 1260. The summed E-state index contributed by atoms with van der Waals surface area (Å²) in [5.74, 6) is -0.000823. The Morgan fingerprint density at radius 2 is 1.64 bits per heavy atom. The van der Waals surface area contributed by atoms with E-state index in [0.717, 1.165) is 11.1 Å². The van der Waals surface area contributed by atoms with Gasteiger partial charge in [0.05, 0.1) is 18.4 Å². The maximum atomic E-state index is 13.7. The van der Waals surface area contributed by atoms with Gasteiger partial charge in [0.2, 0.25) is 0 Å². The number of imide groups is 1. The van der Waals surface area contributed by atoms with Crippen LogP contribution in [0, 0.1) is 6.92 Å². The molecule has 3 aromatic carbocycles. The van der Waals surface area contributed by atoms with E-state index < -0.39 is 11.8 Å². The van der Waals surface area contributed by atoms with E-state index in [0.29, 0.717) is 33.6 Å². The Kier molecular flexibility index (Phi) is 6.25. The summed E-state index contributed by atoms with van der Waals surface area (Å²) in [6, 6.07) is 20.1. The smallest absolute Gasteiger partial charge is 0.282 e. The Labute approximate surface area is 198 Å². The number of halogens is 1. The molecule has 1 aliphatic heterocycles. The van der Waals surface area contributed by atoms with Crippen molar-refractivity contribution in [2.24, 2.45) is 0 Å². The number of para-hydroxylation sites is 1. The summed E-state index contributed by atoms with van der Waals surface area (Å²) in [7, 11) is 1.54. The Hall–Kier alpha value is -3.57. The van der Waals surface area contributed by atoms with Crippen molar-refractivity contribution in [3.63, 3.8) is 0 Å². The number of amides is 2. The molecule has 0 aromatic heterocycles. The lowest BCUT2D eigenvalue weighted by Crippen LogP contribution is -2.32. The van der Waals surface area contributed by atoms with Crippen molar-refractivity contribution in [3.05, 3.63) is 94.1 Å². The predicted molar refractivity (Wildman–Crippen MR) is 133 cm³/mol. The van der Waals surface area contributed by atoms with Crippen LogP contribution < -0.4 is 15.0 Å². The number of carbonyl (C=O) groups excluding carboxylic acids is 2. The minimum atomic E-state index is -0.435. The third kappa shape index (κ3) is 4.24. The van der Waals surface area contributed by atoms with Gasteiger partial charge in [-0.25, -0.2) is 4.90 Å². The number of methoxy groups -OCH3 is 1. The summed E-state index contributed by atoms with van der Waals surface area (Å²) in [5, 5.41) is 3.71. The largest absolute Gasteiger partial charge is 0.496 e. The maximum Gasteiger partial charge on any atom is 0.282 e. The van der Waals surface area contributed by atoms with Gasteiger partial charge in [-0.15, -0.1) is 0 Å². The van der Waals surface area contributed by atoms with Gasteiger partial charge in [-0.2, -0.15) is 0 Å². The number of nitrogens with zero attached hydrogens (tertiary/aromatic N) is 1. The molecule has 168 valence electrons. The van der Waals surface area contributed by atoms with Crippen molar-refractivity contribution < 1.29 is 14.3 Å². The number of aryl methyl sites for hydroxylation is 1. The van der Waals surface area contributed by atoms with Crippen LogP contribution in [0.1, 0.15) is 36.5 Å². The van der Waals surface area contributed by atoms with Crippen molar-refractivity contribution in [2.45, 2.75) is 26.7 Å². The van der Waals surface area contributed by atoms with Crippen LogP contribution in [0.15, 0.2) is 72.4 Å². The van der Waals surface area contributed by atoms with Gasteiger partial charge in [-0.05, 0) is 54.3 Å². The number of rotatable bonds is 6. The highest BCUT2D eigenvalue weighted by atomic mass is 35.5. The topological polar surface area (TPSA) is 58.6 Å². The van der Waals surface area contributed by atoms with Crippen molar-refractivity contribution in [3.8, 4) is 5.75 Å². The van der Waals surface area contributed by atoms with Crippen LogP contribution >= 0.6 is 11.6 Å². The molecule has 5 nitrogen and oxygen atoms in total. The molecule has 6 heteroatoms. The van der Waals surface area contributed by atoms with Gasteiger partial charge in [-0.1, -0.05) is 61.8 Å². The fraction of sp³-hybridized carbons (Fsp3) is 0.185. The van der Waals surface area contributed by atoms with Crippen LogP contribution in [0.5, 0.6) is 5.75 Å². The summed E-state index contributed by atoms with van der Waals surface area (Å²) in [4.78, 5) is 28.4. The zero-order valence-electron chi connectivity index (χ0n) is 19.0. The maximum absolute atomic E-state index is 13.7. The van der Waals surface area contributed by atoms with Gasteiger partial charge in [0.25, 0.3) is 11.8 Å². The highest BCUT2D eigenvalue weighted by molar-refractivity contribution is 6.46. The fourth-order valence-corrected chi connectivity index (χ4v) is 3.99. The quantitative estimate of drug-likeness (QED) is 0.446. The van der Waals surface area contributed by atoms with Gasteiger partial charge in [0.1, 0.15) is 11.4 Å². The van der Waals surface area contributed by atoms with E-state index in [9.17, 15) is 9.59 Å². The number of ether oxygens (including phenoxy) is 1. The molecule has 0 aliphatic carbocycles. The summed E-state index contributed by atoms with van der Waals surface area (Å²) in [6.07, 6.45) is 0. The van der Waals surface area contributed by atoms with E-state index in [1.165, 1.54) is 12.0 Å². The molecule has 0 radical (unpaired) electrons. The van der Waals surface area contributed by atoms with Crippen LogP contribution in [-0.2, 0) is 9.59 Å². The molecule has 0 unspecified atom stereocenters. The standard InChI is InChI=1S/C27H25ClN2O3/c1-16(2)18-10-13-20(14-11-18)30-26(31)24(21-7-5-6-8-23(21)33-4)25(27(30)32)29-19-12-9-17(3)22(28)15-19/h5-16,29H,1-4H3. The van der Waals surface area contributed by atoms with Crippen molar-refractivity contribution in [1.29, 1.82) is 0 Å². The number of hydrogen-bond acceptors (Lipinski definition) is 4. The SMILES string of the molecule is COc1ccccc1C1=C(Nc2ccc(C)c(Cl)c2)C(=O)N(c2ccc(C(C)C)cc2)C1=O. The van der Waals surface area contributed by atoms with E-state index in [-0.39, 0.29) is 11.3 Å². The lowest BCUT2D eigenvalue weighted by Gasteiger charge is -2.17. The average molecular weight is 461 g/mol. The Morgan fingerprint density at radius 3 is 2.27 bits per heavy atom. The highest BCUT2D eigenvalue weighted by Crippen LogP contribution is 2.38. The van der Waals surface area contributed by atoms with E-state index in [2.05, 4.69) is 19.2 Å². The molecular formula is C27H25ClN2O3. The van der Waals surface area contributed by atoms with Gasteiger partial charge in [0, 0.05) is 16.3 Å². The first-order chi connectivity index (χ1) is 15.8. The van der Waals surface area contributed by atoms with Crippen molar-refractivity contribution in [2.75, 3.05) is 17.3 Å². The zero-order chi connectivity index (χ0) is 23.7. The van der Waals surface area contributed by atoms with Gasteiger partial charge >= 0.3 is 0 Å². The van der Waals surface area contributed by atoms with Crippen LogP contribution in [0.4, 0.5) is 11.4 Å². The predicted octanol–water partition coefficient (Wildman–Crippen LogP) is 6.18. The molecule has 1 aliphatic rings. The van der Waals surface area contributed by atoms with Crippen LogP contribution in [0.25, 0.3) is 5.57 Å². The second-order valence-corrected chi connectivity index (χ2v) is 8.64. The molecule has 0 saturated heterocycles. The number of benzene rings is 3. The van der Waals surface area contributed by atoms with Crippen molar-refractivity contribution in [1.82, 2.24) is 0 Å². The lowest BCUT2D eigenvalue weighted by molar-refractivity contribution is -0.120. The molecule has 0 bridgehead atoms. The van der Waals surface area contributed by atoms with Crippen LogP contribution in [-0.4, -0.2) is 18.9 Å². The summed E-state index contributed by atoms with van der Waals surface area (Å²) in [6.45, 7) is 6.09. The number of hydrogen-bond donors (Lipinski definition) is 1. The minimum Gasteiger partial charge on any atom is -0.496 e. The third-order valence-electron chi connectivity index (χ3n) is 5.72.